The van der Waals surface area contributed by atoms with E-state index in [0.29, 0.717) is 22.7 Å². The number of nitrogens with zero attached hydrogens (tertiary/aromatic N) is 4. The zero-order valence-corrected chi connectivity index (χ0v) is 15.8. The van der Waals surface area contributed by atoms with Crippen LogP contribution in [-0.2, 0) is 14.1 Å². The average Bonchev–Trinajstić information content (AvgIpc) is 3.49. The summed E-state index contributed by atoms with van der Waals surface area (Å²) in [4.78, 5) is 45.7. The van der Waals surface area contributed by atoms with E-state index in [0.717, 1.165) is 23.3 Å². The minimum Gasteiger partial charge on any atom is -0.440 e. The Bertz CT molecular complexity index is 1420. The monoisotopic (exact) mass is 391 g/mol. The Morgan fingerprint density at radius 3 is 2.72 bits per heavy atom. The van der Waals surface area contributed by atoms with Gasteiger partial charge in [-0.05, 0) is 37.1 Å². The topological polar surface area (TPSA) is 112 Å². The van der Waals surface area contributed by atoms with Crippen LogP contribution >= 0.6 is 0 Å². The molecule has 1 fully saturated rings. The summed E-state index contributed by atoms with van der Waals surface area (Å²) >= 11 is 0. The summed E-state index contributed by atoms with van der Waals surface area (Å²) in [5.41, 5.74) is 1.40. The molecule has 0 saturated heterocycles. The van der Waals surface area contributed by atoms with E-state index in [4.69, 9.17) is 4.42 Å². The predicted octanol–water partition coefficient (Wildman–Crippen LogP) is 1.90. The molecular formula is C20H17N5O4. The van der Waals surface area contributed by atoms with Crippen molar-refractivity contribution in [2.75, 3.05) is 5.32 Å². The molecule has 0 radical (unpaired) electrons. The maximum atomic E-state index is 12.7. The third-order valence-corrected chi connectivity index (χ3v) is 5.14. The van der Waals surface area contributed by atoms with Gasteiger partial charge < -0.3 is 9.73 Å². The molecule has 1 N–H and O–H groups in total. The lowest BCUT2D eigenvalue weighted by Crippen LogP contribution is -2.37. The zero-order valence-electron chi connectivity index (χ0n) is 15.8. The number of anilines is 1. The quantitative estimate of drug-likeness (QED) is 0.571. The number of nitrogens with one attached hydrogen (secondary N) is 1. The van der Waals surface area contributed by atoms with E-state index in [1.165, 1.54) is 30.9 Å². The highest BCUT2D eigenvalue weighted by atomic mass is 16.3. The van der Waals surface area contributed by atoms with Crippen LogP contribution in [0.5, 0.6) is 0 Å². The van der Waals surface area contributed by atoms with Crippen LogP contribution in [0.2, 0.25) is 0 Å². The first-order chi connectivity index (χ1) is 13.9. The Kier molecular flexibility index (Phi) is 3.67. The summed E-state index contributed by atoms with van der Waals surface area (Å²) in [5.74, 6) is 0.729. The minimum absolute atomic E-state index is 0.197. The van der Waals surface area contributed by atoms with Crippen LogP contribution in [0.1, 0.15) is 35.0 Å². The number of aryl methyl sites for hydroxylation is 1. The average molecular weight is 391 g/mol. The van der Waals surface area contributed by atoms with Crippen molar-refractivity contribution in [3.8, 4) is 0 Å². The molecule has 1 amide bonds. The summed E-state index contributed by atoms with van der Waals surface area (Å²) < 4.78 is 7.99. The van der Waals surface area contributed by atoms with Crippen LogP contribution in [-0.4, -0.2) is 25.0 Å². The molecular weight excluding hydrogens is 374 g/mol. The number of carbonyl (C=O) groups excluding carboxylic acids is 1. The number of oxazole rings is 1. The van der Waals surface area contributed by atoms with Crippen LogP contribution < -0.4 is 16.6 Å². The fourth-order valence-corrected chi connectivity index (χ4v) is 3.32. The van der Waals surface area contributed by atoms with Gasteiger partial charge in [0.2, 0.25) is 0 Å². The van der Waals surface area contributed by atoms with Gasteiger partial charge >= 0.3 is 5.69 Å². The molecule has 0 spiro atoms. The Hall–Kier alpha value is -3.75. The molecule has 9 heteroatoms. The van der Waals surface area contributed by atoms with Crippen molar-refractivity contribution in [2.24, 2.45) is 14.1 Å². The van der Waals surface area contributed by atoms with Crippen molar-refractivity contribution in [3.63, 3.8) is 0 Å². The van der Waals surface area contributed by atoms with Crippen molar-refractivity contribution < 1.29 is 9.21 Å². The highest BCUT2D eigenvalue weighted by Crippen LogP contribution is 2.40. The smallest absolute Gasteiger partial charge is 0.332 e. The van der Waals surface area contributed by atoms with Crippen LogP contribution in [0.25, 0.3) is 22.1 Å². The number of fused-ring (bicyclic) bond motifs is 2. The van der Waals surface area contributed by atoms with Crippen molar-refractivity contribution >= 4 is 33.7 Å². The molecule has 0 unspecified atom stereocenters. The van der Waals surface area contributed by atoms with Crippen molar-refractivity contribution in [3.05, 3.63) is 62.8 Å². The molecule has 1 aromatic carbocycles. The van der Waals surface area contributed by atoms with Gasteiger partial charge in [0, 0.05) is 31.9 Å². The van der Waals surface area contributed by atoms with E-state index >= 15 is 0 Å². The SMILES string of the molecule is Cn1c(=O)c2cc(C(=O)Nc3ccc4oc(C5CC5)nc4c3)cnc2n(C)c1=O. The van der Waals surface area contributed by atoms with Gasteiger partial charge in [-0.25, -0.2) is 14.8 Å². The van der Waals surface area contributed by atoms with Crippen LogP contribution in [0, 0.1) is 0 Å². The fourth-order valence-electron chi connectivity index (χ4n) is 3.32. The van der Waals surface area contributed by atoms with Crippen LogP contribution in [0.3, 0.4) is 0 Å². The molecule has 1 saturated carbocycles. The lowest BCUT2D eigenvalue weighted by Gasteiger charge is -2.08. The van der Waals surface area contributed by atoms with Gasteiger partial charge in [0.25, 0.3) is 11.5 Å². The summed E-state index contributed by atoms with van der Waals surface area (Å²) in [7, 11) is 2.92. The maximum absolute atomic E-state index is 12.7. The number of amides is 1. The zero-order chi connectivity index (χ0) is 20.3. The van der Waals surface area contributed by atoms with Gasteiger partial charge in [-0.15, -0.1) is 0 Å². The molecule has 3 aromatic heterocycles. The molecule has 0 bridgehead atoms. The molecule has 146 valence electrons. The first-order valence-corrected chi connectivity index (χ1v) is 9.20. The molecule has 29 heavy (non-hydrogen) atoms. The number of rotatable bonds is 3. The van der Waals surface area contributed by atoms with Gasteiger partial charge in [0.15, 0.2) is 11.5 Å². The van der Waals surface area contributed by atoms with Crippen molar-refractivity contribution in [2.45, 2.75) is 18.8 Å². The van der Waals surface area contributed by atoms with Crippen LogP contribution in [0.4, 0.5) is 5.69 Å². The number of hydrogen-bond acceptors (Lipinski definition) is 6. The number of carbonyl (C=O) groups is 1. The summed E-state index contributed by atoms with van der Waals surface area (Å²) in [6.07, 6.45) is 3.53. The van der Waals surface area contributed by atoms with E-state index in [1.807, 2.05) is 0 Å². The number of pyridine rings is 1. The molecule has 1 aliphatic carbocycles. The van der Waals surface area contributed by atoms with Gasteiger partial charge in [-0.1, -0.05) is 0 Å². The van der Waals surface area contributed by atoms with E-state index in [1.54, 1.807) is 18.2 Å². The Morgan fingerprint density at radius 1 is 1.17 bits per heavy atom. The van der Waals surface area contributed by atoms with Crippen molar-refractivity contribution in [1.29, 1.82) is 0 Å². The molecule has 9 nitrogen and oxygen atoms in total. The third kappa shape index (κ3) is 2.82. The predicted molar refractivity (Wildman–Crippen MR) is 106 cm³/mol. The van der Waals surface area contributed by atoms with Crippen molar-refractivity contribution in [1.82, 2.24) is 19.1 Å². The van der Waals surface area contributed by atoms with Gasteiger partial charge in [0.1, 0.15) is 11.2 Å². The first-order valence-electron chi connectivity index (χ1n) is 9.20. The molecule has 3 heterocycles. The summed E-state index contributed by atoms with van der Waals surface area (Å²) in [6.45, 7) is 0. The lowest BCUT2D eigenvalue weighted by molar-refractivity contribution is 0.102. The maximum Gasteiger partial charge on any atom is 0.332 e. The molecule has 0 aliphatic heterocycles. The summed E-state index contributed by atoms with van der Waals surface area (Å²) in [5, 5.41) is 2.99. The summed E-state index contributed by atoms with van der Waals surface area (Å²) in [6, 6.07) is 6.70. The molecule has 1 aliphatic rings. The molecule has 0 atom stereocenters. The minimum atomic E-state index is -0.498. The number of hydrogen-bond donors (Lipinski definition) is 1. The number of aromatic nitrogens is 4. The first kappa shape index (κ1) is 17.4. The van der Waals surface area contributed by atoms with E-state index in [2.05, 4.69) is 15.3 Å². The Morgan fingerprint density at radius 2 is 1.97 bits per heavy atom. The van der Waals surface area contributed by atoms with Gasteiger partial charge in [-0.2, -0.15) is 0 Å². The molecule has 4 aromatic rings. The normalized spacial score (nSPS) is 13.9. The number of benzene rings is 1. The van der Waals surface area contributed by atoms with Crippen LogP contribution in [0.15, 0.2) is 44.5 Å². The lowest BCUT2D eigenvalue weighted by atomic mass is 10.2. The van der Waals surface area contributed by atoms with Gasteiger partial charge in [-0.3, -0.25) is 18.7 Å². The Labute approximate surface area is 163 Å². The highest BCUT2D eigenvalue weighted by Gasteiger charge is 2.28. The van der Waals surface area contributed by atoms with Gasteiger partial charge in [0.05, 0.1) is 10.9 Å². The second kappa shape index (κ2) is 6.13. The van der Waals surface area contributed by atoms with E-state index in [9.17, 15) is 14.4 Å². The van der Waals surface area contributed by atoms with E-state index in [-0.39, 0.29) is 16.6 Å². The standard InChI is InChI=1S/C20H17N5O4/c1-24-16-13(19(27)25(2)20(24)28)7-11(9-21-16)17(26)22-12-5-6-15-14(8-12)23-18(29-15)10-3-4-10/h5-10H,3-4H2,1-2H3,(H,22,26). The second-order valence-electron chi connectivity index (χ2n) is 7.26. The largest absolute Gasteiger partial charge is 0.440 e. The highest BCUT2D eigenvalue weighted by molar-refractivity contribution is 6.06. The molecule has 5 rings (SSSR count). The fraction of sp³-hybridized carbons (Fsp3) is 0.250. The second-order valence-corrected chi connectivity index (χ2v) is 7.26. The third-order valence-electron chi connectivity index (χ3n) is 5.14. The Balaban J connectivity index is 1.49. The van der Waals surface area contributed by atoms with E-state index < -0.39 is 17.2 Å².